The van der Waals surface area contributed by atoms with Crippen LogP contribution in [-0.2, 0) is 6.54 Å². The molecule has 3 aromatic rings. The van der Waals surface area contributed by atoms with Crippen molar-refractivity contribution in [3.63, 3.8) is 0 Å². The molecule has 0 radical (unpaired) electrons. The van der Waals surface area contributed by atoms with Crippen LogP contribution in [0.15, 0.2) is 71.0 Å². The molecule has 0 unspecified atom stereocenters. The molecule has 25 heavy (non-hydrogen) atoms. The molecule has 0 aliphatic rings. The van der Waals surface area contributed by atoms with Crippen LogP contribution in [0.1, 0.15) is 0 Å². The van der Waals surface area contributed by atoms with E-state index >= 15 is 0 Å². The van der Waals surface area contributed by atoms with E-state index < -0.39 is 0 Å². The topological polar surface area (TPSA) is 58.4 Å². The van der Waals surface area contributed by atoms with Crippen LogP contribution in [0, 0.1) is 0 Å². The Morgan fingerprint density at radius 1 is 1.08 bits per heavy atom. The van der Waals surface area contributed by atoms with E-state index in [4.69, 9.17) is 4.99 Å². The van der Waals surface area contributed by atoms with Crippen LogP contribution in [0.3, 0.4) is 0 Å². The van der Waals surface area contributed by atoms with Gasteiger partial charge in [-0.25, -0.2) is 9.79 Å². The lowest BCUT2D eigenvalue weighted by Gasteiger charge is -2.10. The number of amides is 2. The molecule has 5 nitrogen and oxygen atoms in total. The molecule has 2 N–H and O–H groups in total. The number of hydrogen-bond acceptors (Lipinski definition) is 3. The lowest BCUT2D eigenvalue weighted by molar-refractivity contribution is 0.242. The summed E-state index contributed by atoms with van der Waals surface area (Å²) in [6, 6.07) is 19.9. The lowest BCUT2D eigenvalue weighted by Crippen LogP contribution is -2.35. The van der Waals surface area contributed by atoms with E-state index in [1.807, 2.05) is 48.5 Å². The maximum atomic E-state index is 11.4. The zero-order valence-electron chi connectivity index (χ0n) is 14.0. The van der Waals surface area contributed by atoms with Crippen LogP contribution >= 0.6 is 11.3 Å². The molecule has 0 aliphatic carbocycles. The molecular weight excluding hydrogens is 332 g/mol. The van der Waals surface area contributed by atoms with Gasteiger partial charge in [0.1, 0.15) is 0 Å². The number of rotatable bonds is 5. The van der Waals surface area contributed by atoms with Gasteiger partial charge in [-0.2, -0.15) is 0 Å². The van der Waals surface area contributed by atoms with Gasteiger partial charge in [0.15, 0.2) is 4.80 Å². The first kappa shape index (κ1) is 17.0. The number of nitrogens with one attached hydrogen (secondary N) is 2. The fourth-order valence-corrected chi connectivity index (χ4v) is 3.41. The number of thiazole rings is 1. The molecule has 6 heteroatoms. The second kappa shape index (κ2) is 8.30. The van der Waals surface area contributed by atoms with Crippen molar-refractivity contribution >= 4 is 23.1 Å². The minimum Gasteiger partial charge on any atom is -0.341 e. The predicted molar refractivity (Wildman–Crippen MR) is 102 cm³/mol. The summed E-state index contributed by atoms with van der Waals surface area (Å²) in [5, 5.41) is 7.51. The average Bonchev–Trinajstić information content (AvgIpc) is 3.05. The molecule has 0 aliphatic heterocycles. The van der Waals surface area contributed by atoms with Gasteiger partial charge in [0.2, 0.25) is 0 Å². The number of nitrogens with zero attached hydrogens (tertiary/aromatic N) is 2. The molecule has 0 saturated carbocycles. The van der Waals surface area contributed by atoms with Gasteiger partial charge in [-0.1, -0.05) is 48.5 Å². The fourth-order valence-electron chi connectivity index (χ4n) is 2.46. The normalized spacial score (nSPS) is 11.3. The highest BCUT2D eigenvalue weighted by atomic mass is 32.1. The third-order valence-electron chi connectivity index (χ3n) is 3.70. The molecule has 2 amide bonds. The van der Waals surface area contributed by atoms with Crippen molar-refractivity contribution in [3.8, 4) is 11.3 Å². The third kappa shape index (κ3) is 4.36. The Balaban J connectivity index is 1.96. The zero-order chi connectivity index (χ0) is 17.5. The minimum atomic E-state index is -0.182. The van der Waals surface area contributed by atoms with E-state index in [-0.39, 0.29) is 6.03 Å². The summed E-state index contributed by atoms with van der Waals surface area (Å²) in [6.45, 7) is 1.17. The van der Waals surface area contributed by atoms with Gasteiger partial charge in [0, 0.05) is 25.5 Å². The summed E-state index contributed by atoms with van der Waals surface area (Å²) in [6.07, 6.45) is 0. The summed E-state index contributed by atoms with van der Waals surface area (Å²) in [5.41, 5.74) is 3.14. The fraction of sp³-hybridized carbons (Fsp3) is 0.158. The number of carbonyl (C=O) groups is 1. The van der Waals surface area contributed by atoms with E-state index in [0.717, 1.165) is 21.7 Å². The summed E-state index contributed by atoms with van der Waals surface area (Å²) in [4.78, 5) is 17.1. The first-order valence-electron chi connectivity index (χ1n) is 8.07. The Labute approximate surface area is 150 Å². The molecule has 0 atom stereocenters. The highest BCUT2D eigenvalue weighted by molar-refractivity contribution is 7.07. The molecule has 2 aromatic carbocycles. The summed E-state index contributed by atoms with van der Waals surface area (Å²) in [7, 11) is 1.61. The molecule has 128 valence electrons. The number of aromatic nitrogens is 1. The molecular formula is C19H20N4OS. The van der Waals surface area contributed by atoms with Crippen LogP contribution in [0.4, 0.5) is 10.5 Å². The van der Waals surface area contributed by atoms with Crippen LogP contribution in [0.2, 0.25) is 0 Å². The molecule has 1 heterocycles. The maximum absolute atomic E-state index is 11.4. The third-order valence-corrected chi connectivity index (χ3v) is 4.56. The summed E-state index contributed by atoms with van der Waals surface area (Å²) < 4.78 is 2.14. The quantitative estimate of drug-likeness (QED) is 0.727. The lowest BCUT2D eigenvalue weighted by atomic mass is 10.2. The van der Waals surface area contributed by atoms with Crippen molar-refractivity contribution in [3.05, 3.63) is 70.8 Å². The Hall–Kier alpha value is -2.86. The first-order chi connectivity index (χ1) is 12.3. The average molecular weight is 352 g/mol. The summed E-state index contributed by atoms with van der Waals surface area (Å²) in [5.74, 6) is 0. The Bertz CT molecular complexity index is 885. The highest BCUT2D eigenvalue weighted by Gasteiger charge is 2.08. The second-order valence-electron chi connectivity index (χ2n) is 5.37. The monoisotopic (exact) mass is 352 g/mol. The molecule has 0 bridgehead atoms. The van der Waals surface area contributed by atoms with E-state index in [0.29, 0.717) is 13.1 Å². The number of hydrogen-bond donors (Lipinski definition) is 2. The minimum absolute atomic E-state index is 0.182. The number of para-hydroxylation sites is 1. The zero-order valence-corrected chi connectivity index (χ0v) is 14.8. The van der Waals surface area contributed by atoms with Crippen LogP contribution < -0.4 is 15.4 Å². The van der Waals surface area contributed by atoms with Gasteiger partial charge in [-0.15, -0.1) is 11.3 Å². The van der Waals surface area contributed by atoms with Gasteiger partial charge < -0.3 is 15.2 Å². The number of urea groups is 1. The van der Waals surface area contributed by atoms with Crippen molar-refractivity contribution in [1.29, 1.82) is 0 Å². The Kier molecular flexibility index (Phi) is 5.64. The standard InChI is InChI=1S/C19H20N4OS/c1-20-18(24)21-12-13-23-17(15-8-4-2-5-9-15)14-25-19(23)22-16-10-6-3-7-11-16/h2-11,14H,12-13H2,1H3,(H2,20,21,24). The summed E-state index contributed by atoms with van der Waals surface area (Å²) >= 11 is 1.60. The van der Waals surface area contributed by atoms with E-state index in [1.54, 1.807) is 18.4 Å². The van der Waals surface area contributed by atoms with Crippen LogP contribution in [0.5, 0.6) is 0 Å². The SMILES string of the molecule is CNC(=O)NCCn1c(-c2ccccc2)csc1=Nc1ccccc1. The molecule has 0 spiro atoms. The van der Waals surface area contributed by atoms with Crippen molar-refractivity contribution < 1.29 is 4.79 Å². The van der Waals surface area contributed by atoms with Crippen molar-refractivity contribution in [1.82, 2.24) is 15.2 Å². The first-order valence-corrected chi connectivity index (χ1v) is 8.95. The Morgan fingerprint density at radius 3 is 2.44 bits per heavy atom. The Morgan fingerprint density at radius 2 is 1.76 bits per heavy atom. The van der Waals surface area contributed by atoms with Crippen LogP contribution in [-0.4, -0.2) is 24.2 Å². The van der Waals surface area contributed by atoms with Gasteiger partial charge in [-0.05, 0) is 17.7 Å². The molecule has 0 fully saturated rings. The van der Waals surface area contributed by atoms with Crippen molar-refractivity contribution in [2.24, 2.45) is 4.99 Å². The van der Waals surface area contributed by atoms with Gasteiger partial charge >= 0.3 is 6.03 Å². The van der Waals surface area contributed by atoms with E-state index in [1.165, 1.54) is 0 Å². The van der Waals surface area contributed by atoms with Crippen molar-refractivity contribution in [2.75, 3.05) is 13.6 Å². The molecule has 0 saturated heterocycles. The van der Waals surface area contributed by atoms with E-state index in [9.17, 15) is 4.79 Å². The van der Waals surface area contributed by atoms with Crippen LogP contribution in [0.25, 0.3) is 11.3 Å². The number of carbonyl (C=O) groups excluding carboxylic acids is 1. The number of benzene rings is 2. The smallest absolute Gasteiger partial charge is 0.314 e. The van der Waals surface area contributed by atoms with Crippen molar-refractivity contribution in [2.45, 2.75) is 6.54 Å². The molecule has 3 rings (SSSR count). The second-order valence-corrected chi connectivity index (χ2v) is 6.21. The van der Waals surface area contributed by atoms with Gasteiger partial charge in [0.05, 0.1) is 11.4 Å². The highest BCUT2D eigenvalue weighted by Crippen LogP contribution is 2.20. The van der Waals surface area contributed by atoms with Gasteiger partial charge in [0.25, 0.3) is 0 Å². The maximum Gasteiger partial charge on any atom is 0.314 e. The molecule has 1 aromatic heterocycles. The predicted octanol–water partition coefficient (Wildman–Crippen LogP) is 3.38. The largest absolute Gasteiger partial charge is 0.341 e. The van der Waals surface area contributed by atoms with E-state index in [2.05, 4.69) is 32.7 Å². The van der Waals surface area contributed by atoms with Gasteiger partial charge in [-0.3, -0.25) is 0 Å².